The number of alkyl halides is 6. The van der Waals surface area contributed by atoms with Crippen molar-refractivity contribution in [3.8, 4) is 0 Å². The Hall–Kier alpha value is -3.35. The zero-order chi connectivity index (χ0) is 34.7. The zero-order valence-corrected chi connectivity index (χ0v) is 27.1. The number of piperazine rings is 1. The van der Waals surface area contributed by atoms with Crippen LogP contribution in [0.5, 0.6) is 0 Å². The van der Waals surface area contributed by atoms with Gasteiger partial charge in [0.2, 0.25) is 0 Å². The number of hydrogen-bond donors (Lipinski definition) is 0. The molecule has 13 heteroatoms. The Labute approximate surface area is 270 Å². The van der Waals surface area contributed by atoms with E-state index in [4.69, 9.17) is 4.74 Å². The summed E-state index contributed by atoms with van der Waals surface area (Å²) in [7, 11) is 1.36. The van der Waals surface area contributed by atoms with Crippen LogP contribution in [-0.4, -0.2) is 66.5 Å². The second kappa shape index (κ2) is 14.8. The van der Waals surface area contributed by atoms with E-state index in [1.807, 2.05) is 0 Å². The van der Waals surface area contributed by atoms with Gasteiger partial charge in [-0.05, 0) is 105 Å². The summed E-state index contributed by atoms with van der Waals surface area (Å²) in [4.78, 5) is 30.9. The third kappa shape index (κ3) is 9.17. The van der Waals surface area contributed by atoms with Gasteiger partial charge in [0.15, 0.2) is 0 Å². The number of halogens is 7. The maximum Gasteiger partial charge on any atom is 0.416 e. The van der Waals surface area contributed by atoms with E-state index in [-0.39, 0.29) is 30.1 Å². The van der Waals surface area contributed by atoms with E-state index in [2.05, 4.69) is 4.90 Å². The van der Waals surface area contributed by atoms with Crippen molar-refractivity contribution < 1.29 is 45.1 Å². The molecule has 0 radical (unpaired) electrons. The smallest absolute Gasteiger partial charge is 0.416 e. The van der Waals surface area contributed by atoms with Gasteiger partial charge in [-0.25, -0.2) is 9.18 Å². The zero-order valence-electron chi connectivity index (χ0n) is 27.1. The number of ether oxygens (including phenoxy) is 1. The lowest BCUT2D eigenvalue weighted by Gasteiger charge is -2.45. The first-order valence-corrected chi connectivity index (χ1v) is 15.9. The summed E-state index contributed by atoms with van der Waals surface area (Å²) in [5, 5.41) is 0. The molecule has 260 valence electrons. The molecule has 0 bridgehead atoms. The van der Waals surface area contributed by atoms with Gasteiger partial charge in [-0.1, -0.05) is 6.07 Å². The molecule has 1 aliphatic carbocycles. The van der Waals surface area contributed by atoms with Gasteiger partial charge in [0.1, 0.15) is 5.82 Å². The van der Waals surface area contributed by atoms with E-state index < -0.39 is 47.4 Å². The van der Waals surface area contributed by atoms with E-state index in [1.54, 1.807) is 24.8 Å². The number of hydrogen-bond acceptors (Lipinski definition) is 4. The largest absolute Gasteiger partial charge is 0.466 e. The predicted octanol–water partition coefficient (Wildman–Crippen LogP) is 8.40. The molecule has 2 amide bonds. The van der Waals surface area contributed by atoms with Gasteiger partial charge in [-0.2, -0.15) is 26.3 Å². The van der Waals surface area contributed by atoms with Crippen molar-refractivity contribution in [2.75, 3.05) is 39.8 Å². The van der Waals surface area contributed by atoms with E-state index in [1.165, 1.54) is 26.1 Å². The van der Waals surface area contributed by atoms with Crippen molar-refractivity contribution >= 4 is 12.0 Å². The number of esters is 1. The van der Waals surface area contributed by atoms with Crippen LogP contribution in [0.4, 0.5) is 35.5 Å². The first-order chi connectivity index (χ1) is 22.0. The number of carbonyl (C=O) groups is 2. The number of rotatable bonds is 8. The van der Waals surface area contributed by atoms with Crippen LogP contribution >= 0.6 is 0 Å². The van der Waals surface area contributed by atoms with Crippen LogP contribution in [0.2, 0.25) is 0 Å². The maximum atomic E-state index is 14.1. The molecule has 2 aromatic rings. The number of amides is 2. The molecule has 2 fully saturated rings. The highest BCUT2D eigenvalue weighted by molar-refractivity contribution is 5.75. The highest BCUT2D eigenvalue weighted by Crippen LogP contribution is 2.39. The normalized spacial score (nSPS) is 21.8. The number of benzene rings is 2. The van der Waals surface area contributed by atoms with Crippen molar-refractivity contribution in [3.63, 3.8) is 0 Å². The van der Waals surface area contributed by atoms with Gasteiger partial charge < -0.3 is 14.5 Å². The monoisotopic (exact) mass is 673 g/mol. The molecule has 1 unspecified atom stereocenters. The molecular weight excluding hydrogens is 631 g/mol. The van der Waals surface area contributed by atoms with Gasteiger partial charge in [0.25, 0.3) is 0 Å². The van der Waals surface area contributed by atoms with Gasteiger partial charge in [0, 0.05) is 39.6 Å². The van der Waals surface area contributed by atoms with Crippen LogP contribution in [0.3, 0.4) is 0 Å². The summed E-state index contributed by atoms with van der Waals surface area (Å²) in [5.74, 6) is 0.0579. The molecule has 4 rings (SSSR count). The lowest BCUT2D eigenvalue weighted by Crippen LogP contribution is -2.54. The van der Waals surface area contributed by atoms with E-state index in [0.717, 1.165) is 37.1 Å². The first-order valence-electron chi connectivity index (χ1n) is 15.9. The average molecular weight is 674 g/mol. The molecule has 0 N–H and O–H groups in total. The molecule has 1 aliphatic heterocycles. The van der Waals surface area contributed by atoms with Crippen molar-refractivity contribution in [2.45, 2.75) is 77.3 Å². The molecular formula is C34H42F7N3O3. The van der Waals surface area contributed by atoms with Crippen LogP contribution < -0.4 is 0 Å². The standard InChI is InChI=1S/C34H42F7N3O3/c1-5-47-31(45)15-23-6-8-24(9-7-23)19-43-12-13-44(30(20-43)29-11-10-28(35)14-21(29)2)32(46)42(4)22(3)25-16-26(33(36,37)38)18-27(17-25)34(39,40)41/h10-11,14,16-18,22-24,30H,5-9,12-13,15,19-20H2,1-4H3/t22?,23-,24-,30-/m1/s1. The highest BCUT2D eigenvalue weighted by Gasteiger charge is 2.40. The van der Waals surface area contributed by atoms with Gasteiger partial charge in [-0.3, -0.25) is 9.69 Å². The van der Waals surface area contributed by atoms with Gasteiger partial charge in [-0.15, -0.1) is 0 Å². The Kier molecular flexibility index (Phi) is 11.5. The Morgan fingerprint density at radius 1 is 0.936 bits per heavy atom. The van der Waals surface area contributed by atoms with Crippen LogP contribution in [0, 0.1) is 24.6 Å². The summed E-state index contributed by atoms with van der Waals surface area (Å²) >= 11 is 0. The fourth-order valence-corrected chi connectivity index (χ4v) is 6.76. The SMILES string of the molecule is CCOC(=O)C[C@H]1CC[C@H](CN2CCN(C(=O)N(C)C(C)c3cc(C(F)(F)F)cc(C(F)(F)F)c3)[C@@H](c3ccc(F)cc3C)C2)CC1. The van der Waals surface area contributed by atoms with Crippen LogP contribution in [0.1, 0.15) is 85.9 Å². The number of carbonyl (C=O) groups excluding carboxylic acids is 2. The fraction of sp³-hybridized carbons (Fsp3) is 0.588. The summed E-state index contributed by atoms with van der Waals surface area (Å²) in [5.41, 5.74) is -1.86. The van der Waals surface area contributed by atoms with Crippen molar-refractivity contribution in [1.29, 1.82) is 0 Å². The van der Waals surface area contributed by atoms with Crippen molar-refractivity contribution in [3.05, 3.63) is 70.0 Å². The molecule has 0 aromatic heterocycles. The lowest BCUT2D eigenvalue weighted by molar-refractivity contribution is -0.145. The minimum absolute atomic E-state index is 0.0669. The van der Waals surface area contributed by atoms with Crippen LogP contribution in [-0.2, 0) is 21.9 Å². The molecule has 2 aliphatic rings. The van der Waals surface area contributed by atoms with E-state index >= 15 is 0 Å². The molecule has 1 heterocycles. The van der Waals surface area contributed by atoms with E-state index in [9.17, 15) is 40.3 Å². The average Bonchev–Trinajstić information content (AvgIpc) is 3.00. The third-order valence-electron chi connectivity index (χ3n) is 9.52. The first kappa shape index (κ1) is 36.5. The predicted molar refractivity (Wildman–Crippen MR) is 162 cm³/mol. The molecule has 1 saturated carbocycles. The molecule has 6 nitrogen and oxygen atoms in total. The Balaban J connectivity index is 1.52. The number of nitrogens with zero attached hydrogens (tertiary/aromatic N) is 3. The van der Waals surface area contributed by atoms with Crippen LogP contribution in [0.15, 0.2) is 36.4 Å². The summed E-state index contributed by atoms with van der Waals surface area (Å²) in [6.07, 6.45) is -5.90. The topological polar surface area (TPSA) is 53.1 Å². The molecule has 2 aromatic carbocycles. The number of aryl methyl sites for hydroxylation is 1. The molecule has 2 atom stereocenters. The molecule has 47 heavy (non-hydrogen) atoms. The summed E-state index contributed by atoms with van der Waals surface area (Å²) < 4.78 is 100. The minimum atomic E-state index is -5.01. The highest BCUT2D eigenvalue weighted by atomic mass is 19.4. The number of urea groups is 1. The van der Waals surface area contributed by atoms with E-state index in [0.29, 0.717) is 55.3 Å². The molecule has 0 spiro atoms. The second-order valence-corrected chi connectivity index (χ2v) is 12.8. The Bertz CT molecular complexity index is 1370. The Morgan fingerprint density at radius 3 is 2.09 bits per heavy atom. The maximum absolute atomic E-state index is 14.1. The van der Waals surface area contributed by atoms with Gasteiger partial charge >= 0.3 is 24.4 Å². The lowest BCUT2D eigenvalue weighted by atomic mass is 9.80. The van der Waals surface area contributed by atoms with Gasteiger partial charge in [0.05, 0.1) is 29.8 Å². The van der Waals surface area contributed by atoms with Crippen molar-refractivity contribution in [1.82, 2.24) is 14.7 Å². The quantitative estimate of drug-likeness (QED) is 0.209. The summed E-state index contributed by atoms with van der Waals surface area (Å²) in [6, 6.07) is 3.44. The third-order valence-corrected chi connectivity index (χ3v) is 9.52. The minimum Gasteiger partial charge on any atom is -0.466 e. The van der Waals surface area contributed by atoms with Crippen molar-refractivity contribution in [2.24, 2.45) is 11.8 Å². The fourth-order valence-electron chi connectivity index (χ4n) is 6.76. The Morgan fingerprint density at radius 2 is 1.53 bits per heavy atom. The van der Waals surface area contributed by atoms with Crippen LogP contribution in [0.25, 0.3) is 0 Å². The summed E-state index contributed by atoms with van der Waals surface area (Å²) in [6.45, 7) is 7.22. The molecule has 1 saturated heterocycles. The second-order valence-electron chi connectivity index (χ2n) is 12.8.